The summed E-state index contributed by atoms with van der Waals surface area (Å²) in [4.78, 5) is 4.06. The van der Waals surface area contributed by atoms with E-state index in [-0.39, 0.29) is 28.1 Å². The van der Waals surface area contributed by atoms with Crippen molar-refractivity contribution in [2.75, 3.05) is 20.3 Å². The number of rotatable bonds is 10. The standard InChI is InChI=1S/C18H18F2N6O4S2/c1-29-5-2-6-30-13-7-11(32(27,28)25-18(10-21)3-4-18)9-26-12(13)8-22-15(26)17-24-23-16(31-17)14(19)20/h7-9,14,25H,2-6H2,1H3. The number of nitriles is 1. The molecule has 1 aliphatic carbocycles. The summed E-state index contributed by atoms with van der Waals surface area (Å²) in [7, 11) is -2.53. The molecule has 0 bridgehead atoms. The molecule has 4 rings (SSSR count). The van der Waals surface area contributed by atoms with Crippen LogP contribution in [0, 0.1) is 11.3 Å². The van der Waals surface area contributed by atoms with Crippen LogP contribution in [-0.4, -0.2) is 53.9 Å². The van der Waals surface area contributed by atoms with E-state index in [4.69, 9.17) is 9.47 Å². The Morgan fingerprint density at radius 3 is 2.78 bits per heavy atom. The molecule has 3 aromatic rings. The molecule has 3 heterocycles. The maximum atomic E-state index is 13.0. The van der Waals surface area contributed by atoms with E-state index in [1.54, 1.807) is 7.11 Å². The number of methoxy groups -OCH3 is 1. The molecule has 0 atom stereocenters. The third-order valence-electron chi connectivity index (χ3n) is 4.75. The van der Waals surface area contributed by atoms with Gasteiger partial charge in [0.25, 0.3) is 6.43 Å². The molecule has 1 aliphatic rings. The summed E-state index contributed by atoms with van der Waals surface area (Å²) in [5.41, 5.74) is -0.692. The van der Waals surface area contributed by atoms with E-state index in [1.807, 2.05) is 6.07 Å². The number of nitrogens with zero attached hydrogens (tertiary/aromatic N) is 5. The van der Waals surface area contributed by atoms with Crippen LogP contribution < -0.4 is 9.46 Å². The lowest BCUT2D eigenvalue weighted by Crippen LogP contribution is -2.35. The van der Waals surface area contributed by atoms with Crippen LogP contribution in [-0.2, 0) is 14.8 Å². The number of sulfonamides is 1. The number of fused-ring (bicyclic) bond motifs is 1. The number of halogens is 2. The van der Waals surface area contributed by atoms with E-state index in [0.717, 1.165) is 0 Å². The number of hydrogen-bond acceptors (Lipinski definition) is 9. The molecule has 0 radical (unpaired) electrons. The largest absolute Gasteiger partial charge is 0.491 e. The van der Waals surface area contributed by atoms with E-state index in [9.17, 15) is 22.5 Å². The van der Waals surface area contributed by atoms with Crippen molar-refractivity contribution in [3.8, 4) is 22.7 Å². The Kier molecular flexibility index (Phi) is 6.08. The first-order valence-electron chi connectivity index (χ1n) is 9.48. The summed E-state index contributed by atoms with van der Waals surface area (Å²) >= 11 is 0.660. The first-order valence-corrected chi connectivity index (χ1v) is 11.8. The van der Waals surface area contributed by atoms with Gasteiger partial charge in [0.1, 0.15) is 21.7 Å². The van der Waals surface area contributed by atoms with Crippen LogP contribution in [0.25, 0.3) is 16.3 Å². The first-order chi connectivity index (χ1) is 15.3. The lowest BCUT2D eigenvalue weighted by Gasteiger charge is -2.14. The van der Waals surface area contributed by atoms with E-state index >= 15 is 0 Å². The monoisotopic (exact) mass is 484 g/mol. The lowest BCUT2D eigenvalue weighted by molar-refractivity contribution is 0.150. The van der Waals surface area contributed by atoms with Gasteiger partial charge in [-0.1, -0.05) is 11.3 Å². The highest BCUT2D eigenvalue weighted by Crippen LogP contribution is 2.37. The number of nitrogens with one attached hydrogen (secondary N) is 1. The molecule has 0 saturated heterocycles. The molecule has 0 amide bonds. The molecular weight excluding hydrogens is 466 g/mol. The molecule has 0 aromatic carbocycles. The van der Waals surface area contributed by atoms with Crippen LogP contribution in [0.3, 0.4) is 0 Å². The second-order valence-electron chi connectivity index (χ2n) is 7.12. The van der Waals surface area contributed by atoms with Crippen molar-refractivity contribution in [2.45, 2.75) is 36.1 Å². The SMILES string of the molecule is COCCCOc1cc(S(=O)(=O)NC2(C#N)CC2)cn2c(-c3nnc(C(F)F)s3)ncc12. The van der Waals surface area contributed by atoms with Gasteiger partial charge in [0.05, 0.1) is 18.9 Å². The van der Waals surface area contributed by atoms with E-state index in [1.165, 1.54) is 22.9 Å². The minimum atomic E-state index is -4.08. The van der Waals surface area contributed by atoms with Crippen molar-refractivity contribution in [3.63, 3.8) is 0 Å². The van der Waals surface area contributed by atoms with Crippen LogP contribution in [0.4, 0.5) is 8.78 Å². The molecular formula is C18H18F2N6O4S2. The molecule has 14 heteroatoms. The Hall–Kier alpha value is -2.73. The topological polar surface area (TPSA) is 132 Å². The van der Waals surface area contributed by atoms with Gasteiger partial charge in [0.15, 0.2) is 15.8 Å². The minimum absolute atomic E-state index is 0.101. The van der Waals surface area contributed by atoms with Gasteiger partial charge >= 0.3 is 0 Å². The summed E-state index contributed by atoms with van der Waals surface area (Å²) in [6.07, 6.45) is 1.34. The molecule has 1 fully saturated rings. The normalized spacial score (nSPS) is 15.2. The maximum Gasteiger partial charge on any atom is 0.291 e. The Bertz CT molecular complexity index is 1280. The average molecular weight is 485 g/mol. The third kappa shape index (κ3) is 4.42. The summed E-state index contributed by atoms with van der Waals surface area (Å²) in [6, 6.07) is 3.32. The third-order valence-corrected chi connectivity index (χ3v) is 7.18. The van der Waals surface area contributed by atoms with Gasteiger partial charge in [0, 0.05) is 32.4 Å². The zero-order chi connectivity index (χ0) is 22.9. The highest BCUT2D eigenvalue weighted by atomic mass is 32.2. The zero-order valence-corrected chi connectivity index (χ0v) is 18.4. The number of alkyl halides is 2. The van der Waals surface area contributed by atoms with Gasteiger partial charge in [-0.25, -0.2) is 22.2 Å². The average Bonchev–Trinajstić information content (AvgIpc) is 3.15. The fraction of sp³-hybridized carbons (Fsp3) is 0.444. The fourth-order valence-corrected chi connectivity index (χ4v) is 5.02. The van der Waals surface area contributed by atoms with E-state index in [0.29, 0.717) is 42.7 Å². The van der Waals surface area contributed by atoms with Crippen LogP contribution in [0.1, 0.15) is 30.7 Å². The van der Waals surface area contributed by atoms with Gasteiger partial charge in [-0.15, -0.1) is 10.2 Å². The van der Waals surface area contributed by atoms with Crippen molar-refractivity contribution in [2.24, 2.45) is 0 Å². The molecule has 1 N–H and O–H groups in total. The van der Waals surface area contributed by atoms with Gasteiger partial charge in [-0.05, 0) is 12.8 Å². The highest BCUT2D eigenvalue weighted by Gasteiger charge is 2.47. The Morgan fingerprint density at radius 1 is 1.38 bits per heavy atom. The second kappa shape index (κ2) is 8.66. The van der Waals surface area contributed by atoms with E-state index in [2.05, 4.69) is 19.9 Å². The molecule has 32 heavy (non-hydrogen) atoms. The predicted molar refractivity (Wildman–Crippen MR) is 109 cm³/mol. The van der Waals surface area contributed by atoms with Gasteiger partial charge in [-0.2, -0.15) is 9.98 Å². The molecule has 1 saturated carbocycles. The molecule has 0 unspecified atom stereocenters. The second-order valence-corrected chi connectivity index (χ2v) is 9.81. The lowest BCUT2D eigenvalue weighted by atomic mass is 10.3. The summed E-state index contributed by atoms with van der Waals surface area (Å²) in [5, 5.41) is 16.1. The van der Waals surface area contributed by atoms with Crippen LogP contribution >= 0.6 is 11.3 Å². The fourth-order valence-electron chi connectivity index (χ4n) is 2.94. The van der Waals surface area contributed by atoms with Gasteiger partial charge in [0.2, 0.25) is 10.0 Å². The van der Waals surface area contributed by atoms with Crippen molar-refractivity contribution in [1.82, 2.24) is 24.3 Å². The van der Waals surface area contributed by atoms with Crippen LogP contribution in [0.5, 0.6) is 5.75 Å². The molecule has 0 aliphatic heterocycles. The van der Waals surface area contributed by atoms with Gasteiger partial charge in [-0.3, -0.25) is 4.40 Å². The smallest absolute Gasteiger partial charge is 0.291 e. The van der Waals surface area contributed by atoms with Crippen LogP contribution in [0.15, 0.2) is 23.4 Å². The summed E-state index contributed by atoms with van der Waals surface area (Å²) < 4.78 is 66.5. The van der Waals surface area contributed by atoms with Crippen molar-refractivity contribution < 1.29 is 26.7 Å². The maximum absolute atomic E-state index is 13.0. The van der Waals surface area contributed by atoms with Crippen LogP contribution in [0.2, 0.25) is 0 Å². The van der Waals surface area contributed by atoms with Crippen molar-refractivity contribution >= 4 is 26.9 Å². The Balaban J connectivity index is 1.78. The zero-order valence-electron chi connectivity index (χ0n) is 16.8. The molecule has 3 aromatic heterocycles. The number of ether oxygens (including phenoxy) is 2. The van der Waals surface area contributed by atoms with Gasteiger partial charge < -0.3 is 9.47 Å². The minimum Gasteiger partial charge on any atom is -0.491 e. The Labute approximate surface area is 185 Å². The van der Waals surface area contributed by atoms with Crippen molar-refractivity contribution in [1.29, 1.82) is 5.26 Å². The summed E-state index contributed by atoms with van der Waals surface area (Å²) in [6.45, 7) is 0.698. The number of imidazole rings is 1. The summed E-state index contributed by atoms with van der Waals surface area (Å²) in [5.74, 6) is 0.368. The number of pyridine rings is 1. The molecule has 0 spiro atoms. The van der Waals surface area contributed by atoms with Crippen molar-refractivity contribution in [3.05, 3.63) is 23.5 Å². The van der Waals surface area contributed by atoms with E-state index < -0.39 is 27.0 Å². The number of hydrogen-bond donors (Lipinski definition) is 1. The highest BCUT2D eigenvalue weighted by molar-refractivity contribution is 7.89. The quantitative estimate of drug-likeness (QED) is 0.434. The predicted octanol–water partition coefficient (Wildman–Crippen LogP) is 2.54. The molecule has 10 nitrogen and oxygen atoms in total. The number of aromatic nitrogens is 4. The molecule has 170 valence electrons. The Morgan fingerprint density at radius 2 is 2.16 bits per heavy atom. The first kappa shape index (κ1) is 22.5.